The molecular formula is C25H24N2O6. The highest BCUT2D eigenvalue weighted by molar-refractivity contribution is 6.07. The second-order valence-electron chi connectivity index (χ2n) is 8.27. The molecule has 2 heterocycles. The van der Waals surface area contributed by atoms with E-state index in [9.17, 15) is 14.7 Å². The quantitative estimate of drug-likeness (QED) is 0.563. The first-order valence-corrected chi connectivity index (χ1v) is 10.8. The van der Waals surface area contributed by atoms with E-state index in [4.69, 9.17) is 14.2 Å². The van der Waals surface area contributed by atoms with Gasteiger partial charge >= 0.3 is 6.03 Å². The molecule has 0 aliphatic carbocycles. The SMILES string of the molecule is C[C@@]1(c2ccc3c(c2)OCCO3)NC(=O)N(C[C@H](O)COc2cccc3ccccc23)C1=O. The first-order valence-electron chi connectivity index (χ1n) is 10.8. The molecule has 2 N–H and O–H groups in total. The Hall–Kier alpha value is -3.78. The van der Waals surface area contributed by atoms with E-state index in [1.807, 2.05) is 42.5 Å². The van der Waals surface area contributed by atoms with Gasteiger partial charge in [-0.15, -0.1) is 0 Å². The molecule has 0 radical (unpaired) electrons. The molecule has 8 heteroatoms. The molecule has 2 atom stereocenters. The topological polar surface area (TPSA) is 97.3 Å². The summed E-state index contributed by atoms with van der Waals surface area (Å²) in [5, 5.41) is 15.2. The number of carbonyl (C=O) groups excluding carboxylic acids is 2. The molecule has 0 unspecified atom stereocenters. The van der Waals surface area contributed by atoms with Crippen molar-refractivity contribution in [2.45, 2.75) is 18.6 Å². The van der Waals surface area contributed by atoms with Crippen LogP contribution in [0.1, 0.15) is 12.5 Å². The van der Waals surface area contributed by atoms with Crippen molar-refractivity contribution in [3.05, 3.63) is 66.2 Å². The average molecular weight is 448 g/mol. The van der Waals surface area contributed by atoms with Crippen LogP contribution in [-0.4, -0.2) is 54.4 Å². The van der Waals surface area contributed by atoms with Crippen molar-refractivity contribution in [1.29, 1.82) is 0 Å². The normalized spacial score (nSPS) is 20.6. The molecule has 170 valence electrons. The van der Waals surface area contributed by atoms with Crippen LogP contribution in [0.2, 0.25) is 0 Å². The van der Waals surface area contributed by atoms with Crippen LogP contribution in [0, 0.1) is 0 Å². The molecule has 1 saturated heterocycles. The third-order valence-electron chi connectivity index (χ3n) is 5.97. The van der Waals surface area contributed by atoms with Gasteiger partial charge in [0.1, 0.15) is 37.2 Å². The molecule has 5 rings (SSSR count). The summed E-state index contributed by atoms with van der Waals surface area (Å²) < 4.78 is 16.9. The van der Waals surface area contributed by atoms with E-state index in [1.54, 1.807) is 25.1 Å². The third kappa shape index (κ3) is 3.82. The van der Waals surface area contributed by atoms with Crippen LogP contribution >= 0.6 is 0 Å². The molecule has 0 aromatic heterocycles. The highest BCUT2D eigenvalue weighted by atomic mass is 16.6. The first kappa shape index (κ1) is 21.1. The molecule has 0 spiro atoms. The first-order chi connectivity index (χ1) is 16.0. The van der Waals surface area contributed by atoms with Gasteiger partial charge in [-0.25, -0.2) is 4.79 Å². The average Bonchev–Trinajstić information content (AvgIpc) is 3.06. The number of β-amino-alcohol motifs (C(OH)–C–C–N with tert-alkyl or cyclic N) is 1. The number of hydrogen-bond donors (Lipinski definition) is 2. The van der Waals surface area contributed by atoms with Crippen LogP contribution in [0.25, 0.3) is 10.8 Å². The highest BCUT2D eigenvalue weighted by Gasteiger charge is 2.49. The maximum Gasteiger partial charge on any atom is 0.325 e. The zero-order chi connectivity index (χ0) is 23.0. The summed E-state index contributed by atoms with van der Waals surface area (Å²) in [6.07, 6.45) is -1.05. The number of aliphatic hydroxyl groups excluding tert-OH is 1. The van der Waals surface area contributed by atoms with Crippen LogP contribution in [0.15, 0.2) is 60.7 Å². The monoisotopic (exact) mass is 448 g/mol. The van der Waals surface area contributed by atoms with E-state index in [1.165, 1.54) is 0 Å². The summed E-state index contributed by atoms with van der Waals surface area (Å²) in [5.41, 5.74) is -0.697. The van der Waals surface area contributed by atoms with Crippen LogP contribution in [0.3, 0.4) is 0 Å². The van der Waals surface area contributed by atoms with Crippen molar-refractivity contribution in [1.82, 2.24) is 10.2 Å². The van der Waals surface area contributed by atoms with Crippen LogP contribution in [-0.2, 0) is 10.3 Å². The number of fused-ring (bicyclic) bond motifs is 2. The summed E-state index contributed by atoms with van der Waals surface area (Å²) in [6.45, 7) is 2.27. The summed E-state index contributed by atoms with van der Waals surface area (Å²) >= 11 is 0. The Bertz CT molecular complexity index is 1220. The van der Waals surface area contributed by atoms with E-state index < -0.39 is 23.6 Å². The number of benzene rings is 3. The van der Waals surface area contributed by atoms with Gasteiger partial charge in [-0.3, -0.25) is 9.69 Å². The molecule has 1 fully saturated rings. The van der Waals surface area contributed by atoms with Crippen molar-refractivity contribution in [2.24, 2.45) is 0 Å². The molecule has 2 aliphatic rings. The van der Waals surface area contributed by atoms with E-state index in [0.29, 0.717) is 36.0 Å². The maximum absolute atomic E-state index is 13.2. The number of nitrogens with zero attached hydrogens (tertiary/aromatic N) is 1. The van der Waals surface area contributed by atoms with Gasteiger partial charge in [-0.2, -0.15) is 0 Å². The van der Waals surface area contributed by atoms with Crippen molar-refractivity contribution in [3.63, 3.8) is 0 Å². The Labute approximate surface area is 190 Å². The number of ether oxygens (including phenoxy) is 3. The van der Waals surface area contributed by atoms with Gasteiger partial charge in [0.2, 0.25) is 0 Å². The predicted molar refractivity (Wildman–Crippen MR) is 120 cm³/mol. The summed E-state index contributed by atoms with van der Waals surface area (Å²) in [5.74, 6) is 1.31. The fraction of sp³-hybridized carbons (Fsp3) is 0.280. The lowest BCUT2D eigenvalue weighted by Crippen LogP contribution is -2.42. The number of rotatable bonds is 6. The van der Waals surface area contributed by atoms with E-state index >= 15 is 0 Å². The number of hydrogen-bond acceptors (Lipinski definition) is 6. The zero-order valence-corrected chi connectivity index (χ0v) is 18.1. The molecule has 3 amide bonds. The molecule has 8 nitrogen and oxygen atoms in total. The van der Waals surface area contributed by atoms with Crippen molar-refractivity contribution in [2.75, 3.05) is 26.4 Å². The summed E-state index contributed by atoms with van der Waals surface area (Å²) in [4.78, 5) is 26.9. The minimum atomic E-state index is -1.27. The van der Waals surface area contributed by atoms with Gasteiger partial charge in [0.15, 0.2) is 11.5 Å². The fourth-order valence-electron chi connectivity index (χ4n) is 4.18. The van der Waals surface area contributed by atoms with Crippen molar-refractivity contribution < 1.29 is 28.9 Å². The van der Waals surface area contributed by atoms with Crippen LogP contribution < -0.4 is 19.5 Å². The second kappa shape index (κ2) is 8.29. The van der Waals surface area contributed by atoms with Crippen molar-refractivity contribution >= 4 is 22.7 Å². The van der Waals surface area contributed by atoms with Crippen molar-refractivity contribution in [3.8, 4) is 17.2 Å². The largest absolute Gasteiger partial charge is 0.490 e. The Morgan fingerprint density at radius 3 is 2.67 bits per heavy atom. The van der Waals surface area contributed by atoms with Crippen LogP contribution in [0.4, 0.5) is 4.79 Å². The number of imide groups is 1. The Balaban J connectivity index is 1.28. The van der Waals surface area contributed by atoms with Gasteiger partial charge in [0, 0.05) is 5.39 Å². The zero-order valence-electron chi connectivity index (χ0n) is 18.1. The number of urea groups is 1. The molecule has 33 heavy (non-hydrogen) atoms. The smallest absolute Gasteiger partial charge is 0.325 e. The van der Waals surface area contributed by atoms with Gasteiger partial charge in [-0.1, -0.05) is 42.5 Å². The maximum atomic E-state index is 13.2. The minimum absolute atomic E-state index is 0.0637. The lowest BCUT2D eigenvalue weighted by molar-refractivity contribution is -0.132. The molecule has 0 saturated carbocycles. The summed E-state index contributed by atoms with van der Waals surface area (Å²) in [7, 11) is 0. The Morgan fingerprint density at radius 2 is 1.82 bits per heavy atom. The lowest BCUT2D eigenvalue weighted by Gasteiger charge is -2.25. The second-order valence-corrected chi connectivity index (χ2v) is 8.27. The number of carbonyl (C=O) groups is 2. The Kier molecular flexibility index (Phi) is 5.30. The van der Waals surface area contributed by atoms with Gasteiger partial charge in [0.25, 0.3) is 5.91 Å². The number of aliphatic hydroxyl groups is 1. The predicted octanol–water partition coefficient (Wildman–Crippen LogP) is 2.82. The number of amides is 3. The molecule has 3 aromatic rings. The minimum Gasteiger partial charge on any atom is -0.490 e. The van der Waals surface area contributed by atoms with Crippen LogP contribution in [0.5, 0.6) is 17.2 Å². The standard InChI is InChI=1S/C25H24N2O6/c1-25(17-9-10-21-22(13-17)32-12-11-31-21)23(29)27(24(30)26-25)14-18(28)15-33-20-8-4-6-16-5-2-3-7-19(16)20/h2-10,13,18,28H,11-12,14-15H2,1H3,(H,26,30)/t18-,25-/m0/s1. The fourth-order valence-corrected chi connectivity index (χ4v) is 4.18. The molecular weight excluding hydrogens is 424 g/mol. The van der Waals surface area contributed by atoms with E-state index in [-0.39, 0.29) is 13.2 Å². The van der Waals surface area contributed by atoms with E-state index in [2.05, 4.69) is 5.32 Å². The van der Waals surface area contributed by atoms with E-state index in [0.717, 1.165) is 15.7 Å². The molecule has 0 bridgehead atoms. The highest BCUT2D eigenvalue weighted by Crippen LogP contribution is 2.37. The molecule has 2 aliphatic heterocycles. The number of nitrogens with one attached hydrogen (secondary N) is 1. The van der Waals surface area contributed by atoms with Gasteiger partial charge in [-0.05, 0) is 36.1 Å². The van der Waals surface area contributed by atoms with Gasteiger partial charge < -0.3 is 24.6 Å². The van der Waals surface area contributed by atoms with Gasteiger partial charge in [0.05, 0.1) is 6.54 Å². The molecule has 3 aromatic carbocycles. The summed E-state index contributed by atoms with van der Waals surface area (Å²) in [6, 6.07) is 18.0. The third-order valence-corrected chi connectivity index (χ3v) is 5.97. The Morgan fingerprint density at radius 1 is 1.06 bits per heavy atom. The lowest BCUT2D eigenvalue weighted by atomic mass is 9.91.